The van der Waals surface area contributed by atoms with Gasteiger partial charge < -0.3 is 10.4 Å². The summed E-state index contributed by atoms with van der Waals surface area (Å²) in [6.45, 7) is 1.97. The van der Waals surface area contributed by atoms with E-state index in [9.17, 15) is 13.2 Å². The van der Waals surface area contributed by atoms with Crippen molar-refractivity contribution in [2.45, 2.75) is 23.3 Å². The molecule has 0 aliphatic carbocycles. The van der Waals surface area contributed by atoms with Gasteiger partial charge in [-0.05, 0) is 25.1 Å². The van der Waals surface area contributed by atoms with Gasteiger partial charge in [-0.25, -0.2) is 13.2 Å². The molecule has 0 saturated carbocycles. The minimum Gasteiger partial charge on any atom is -0.465 e. The molecule has 1 aromatic heterocycles. The Morgan fingerprint density at radius 3 is 2.86 bits per heavy atom. The van der Waals surface area contributed by atoms with Crippen LogP contribution in [0.15, 0.2) is 28.0 Å². The maximum atomic E-state index is 12.6. The lowest BCUT2D eigenvalue weighted by Crippen LogP contribution is -2.25. The van der Waals surface area contributed by atoms with Crippen molar-refractivity contribution < 1.29 is 18.3 Å². The third-order valence-corrected chi connectivity index (χ3v) is 5.62. The summed E-state index contributed by atoms with van der Waals surface area (Å²) in [5.74, 6) is 0. The van der Waals surface area contributed by atoms with Crippen molar-refractivity contribution in [3.8, 4) is 11.3 Å². The summed E-state index contributed by atoms with van der Waals surface area (Å²) >= 11 is 5.97. The molecule has 22 heavy (non-hydrogen) atoms. The third-order valence-electron chi connectivity index (χ3n) is 3.43. The molecule has 3 rings (SSSR count). The number of carbonyl (C=O) groups is 1. The fraction of sp³-hybridized carbons (Fsp3) is 0.231. The number of fused-ring (bicyclic) bond motifs is 3. The number of aryl methyl sites for hydroxylation is 1. The second-order valence-corrected chi connectivity index (χ2v) is 7.15. The number of nitrogens with zero attached hydrogens (tertiary/aromatic N) is 2. The Kier molecular flexibility index (Phi) is 3.37. The van der Waals surface area contributed by atoms with Crippen LogP contribution < -0.4 is 5.32 Å². The molecule has 1 amide bonds. The molecule has 7 nitrogen and oxygen atoms in total. The summed E-state index contributed by atoms with van der Waals surface area (Å²) < 4.78 is 26.7. The summed E-state index contributed by atoms with van der Waals surface area (Å²) in [5, 5.41) is 15.5. The van der Waals surface area contributed by atoms with E-state index < -0.39 is 15.9 Å². The Hall–Kier alpha value is -2.06. The number of nitrogens with one attached hydrogen (secondary N) is 1. The highest BCUT2D eigenvalue weighted by Crippen LogP contribution is 2.45. The first-order chi connectivity index (χ1) is 10.3. The van der Waals surface area contributed by atoms with E-state index in [4.69, 9.17) is 16.7 Å². The predicted molar refractivity (Wildman–Crippen MR) is 78.9 cm³/mol. The monoisotopic (exact) mass is 341 g/mol. The van der Waals surface area contributed by atoms with E-state index in [-0.39, 0.29) is 22.9 Å². The van der Waals surface area contributed by atoms with Gasteiger partial charge in [0, 0.05) is 17.1 Å². The Balaban J connectivity index is 2.14. The van der Waals surface area contributed by atoms with Crippen molar-refractivity contribution in [1.82, 2.24) is 15.1 Å². The average molecular weight is 342 g/mol. The quantitative estimate of drug-likeness (QED) is 0.758. The molecule has 0 saturated heterocycles. The molecule has 2 aromatic rings. The van der Waals surface area contributed by atoms with E-state index in [0.29, 0.717) is 22.0 Å². The molecule has 1 aliphatic heterocycles. The average Bonchev–Trinajstić information content (AvgIpc) is 2.85. The number of aromatic nitrogens is 2. The highest BCUT2D eigenvalue weighted by molar-refractivity contribution is 7.92. The van der Waals surface area contributed by atoms with Crippen LogP contribution in [0.1, 0.15) is 5.69 Å². The number of halogens is 1. The maximum absolute atomic E-state index is 12.6. The third kappa shape index (κ3) is 2.15. The van der Waals surface area contributed by atoms with Gasteiger partial charge in [0.05, 0.1) is 22.8 Å². The number of sulfone groups is 1. The van der Waals surface area contributed by atoms with Gasteiger partial charge in [0.15, 0.2) is 0 Å². The number of amides is 1. The van der Waals surface area contributed by atoms with Gasteiger partial charge in [-0.15, -0.1) is 0 Å². The van der Waals surface area contributed by atoms with Gasteiger partial charge in [-0.3, -0.25) is 4.68 Å². The highest BCUT2D eigenvalue weighted by atomic mass is 35.5. The number of rotatable bonds is 3. The Morgan fingerprint density at radius 1 is 1.45 bits per heavy atom. The summed E-state index contributed by atoms with van der Waals surface area (Å²) in [6, 6.07) is 4.59. The lowest BCUT2D eigenvalue weighted by atomic mass is 10.1. The van der Waals surface area contributed by atoms with Crippen molar-refractivity contribution in [3.63, 3.8) is 0 Å². The van der Waals surface area contributed by atoms with Gasteiger partial charge in [0.1, 0.15) is 4.90 Å². The van der Waals surface area contributed by atoms with Crippen LogP contribution in [0.5, 0.6) is 0 Å². The fourth-order valence-corrected chi connectivity index (χ4v) is 4.59. The van der Waals surface area contributed by atoms with Gasteiger partial charge in [0.25, 0.3) is 0 Å². The number of carboxylic acid groups (broad SMARTS) is 1. The molecular formula is C13H12ClN3O4S. The second-order valence-electron chi connectivity index (χ2n) is 4.86. The topological polar surface area (TPSA) is 101 Å². The molecule has 0 radical (unpaired) electrons. The first-order valence-corrected chi connectivity index (χ1v) is 8.27. The SMILES string of the molecule is Cc1nn(CCNC(=O)O)c2c1S(=O)(=O)c1ccc(Cl)cc1-2. The van der Waals surface area contributed by atoms with Crippen LogP contribution in [0.25, 0.3) is 11.3 Å². The standard InChI is InChI=1S/C13H12ClN3O4S/c1-7-12-11(17(16-7)5-4-15-13(18)19)9-6-8(14)2-3-10(9)22(12,20)21/h2-3,6,15H,4-5H2,1H3,(H,18,19). The van der Waals surface area contributed by atoms with Gasteiger partial charge >= 0.3 is 6.09 Å². The van der Waals surface area contributed by atoms with Crippen LogP contribution in [0, 0.1) is 6.92 Å². The van der Waals surface area contributed by atoms with Crippen LogP contribution in [0.3, 0.4) is 0 Å². The molecule has 116 valence electrons. The Labute approximate surface area is 131 Å². The zero-order valence-electron chi connectivity index (χ0n) is 11.5. The molecular weight excluding hydrogens is 330 g/mol. The van der Waals surface area contributed by atoms with Crippen molar-refractivity contribution in [2.24, 2.45) is 0 Å². The second kappa shape index (κ2) is 4.99. The molecule has 0 unspecified atom stereocenters. The Morgan fingerprint density at radius 2 is 2.18 bits per heavy atom. The van der Waals surface area contributed by atoms with Crippen LogP contribution in [-0.2, 0) is 16.4 Å². The van der Waals surface area contributed by atoms with Crippen LogP contribution in [0.2, 0.25) is 5.02 Å². The number of hydrogen-bond acceptors (Lipinski definition) is 4. The van der Waals surface area contributed by atoms with E-state index in [1.54, 1.807) is 13.0 Å². The molecule has 0 fully saturated rings. The lowest BCUT2D eigenvalue weighted by molar-refractivity contribution is 0.194. The predicted octanol–water partition coefficient (Wildman–Crippen LogP) is 1.93. The van der Waals surface area contributed by atoms with Crippen LogP contribution >= 0.6 is 11.6 Å². The zero-order valence-corrected chi connectivity index (χ0v) is 13.1. The van der Waals surface area contributed by atoms with Gasteiger partial charge in [-0.2, -0.15) is 5.10 Å². The zero-order chi connectivity index (χ0) is 16.1. The smallest absolute Gasteiger partial charge is 0.404 e. The van der Waals surface area contributed by atoms with E-state index in [1.807, 2.05) is 0 Å². The summed E-state index contributed by atoms with van der Waals surface area (Å²) in [4.78, 5) is 10.9. The van der Waals surface area contributed by atoms with E-state index >= 15 is 0 Å². The van der Waals surface area contributed by atoms with E-state index in [0.717, 1.165) is 0 Å². The minimum atomic E-state index is -3.61. The molecule has 1 aromatic carbocycles. The van der Waals surface area contributed by atoms with E-state index in [2.05, 4.69) is 10.4 Å². The molecule has 9 heteroatoms. The number of hydrogen-bond donors (Lipinski definition) is 2. The summed E-state index contributed by atoms with van der Waals surface area (Å²) in [7, 11) is -3.61. The lowest BCUT2D eigenvalue weighted by Gasteiger charge is -2.07. The van der Waals surface area contributed by atoms with Crippen molar-refractivity contribution in [2.75, 3.05) is 6.54 Å². The van der Waals surface area contributed by atoms with E-state index in [1.165, 1.54) is 16.8 Å². The molecule has 2 N–H and O–H groups in total. The molecule has 2 heterocycles. The van der Waals surface area contributed by atoms with Crippen LogP contribution in [-0.4, -0.2) is 35.9 Å². The summed E-state index contributed by atoms with van der Waals surface area (Å²) in [6.07, 6.45) is -1.14. The van der Waals surface area contributed by atoms with Gasteiger partial charge in [-0.1, -0.05) is 11.6 Å². The normalized spacial score (nSPS) is 14.5. The molecule has 1 aliphatic rings. The van der Waals surface area contributed by atoms with Crippen molar-refractivity contribution in [3.05, 3.63) is 28.9 Å². The van der Waals surface area contributed by atoms with Gasteiger partial charge in [0.2, 0.25) is 9.84 Å². The fourth-order valence-electron chi connectivity index (χ4n) is 2.61. The first-order valence-electron chi connectivity index (χ1n) is 6.41. The Bertz CT molecular complexity index is 889. The highest BCUT2D eigenvalue weighted by Gasteiger charge is 2.38. The maximum Gasteiger partial charge on any atom is 0.404 e. The van der Waals surface area contributed by atoms with Crippen molar-refractivity contribution >= 4 is 27.5 Å². The first kappa shape index (κ1) is 14.9. The molecule has 0 bridgehead atoms. The van der Waals surface area contributed by atoms with Crippen molar-refractivity contribution in [1.29, 1.82) is 0 Å². The molecule has 0 spiro atoms. The number of benzene rings is 1. The van der Waals surface area contributed by atoms with Crippen LogP contribution in [0.4, 0.5) is 4.79 Å². The molecule has 0 atom stereocenters. The minimum absolute atomic E-state index is 0.124. The summed E-state index contributed by atoms with van der Waals surface area (Å²) in [5.41, 5.74) is 1.35. The largest absolute Gasteiger partial charge is 0.465 e.